The summed E-state index contributed by atoms with van der Waals surface area (Å²) in [4.78, 5) is 12.0. The van der Waals surface area contributed by atoms with Gasteiger partial charge < -0.3 is 14.3 Å². The van der Waals surface area contributed by atoms with Crippen LogP contribution in [0.2, 0.25) is 18.1 Å². The van der Waals surface area contributed by atoms with E-state index in [1.54, 1.807) is 0 Å². The minimum absolute atomic E-state index is 0.0911. The van der Waals surface area contributed by atoms with Crippen molar-refractivity contribution in [3.8, 4) is 0 Å². The van der Waals surface area contributed by atoms with Crippen molar-refractivity contribution in [1.29, 1.82) is 0 Å². The van der Waals surface area contributed by atoms with Gasteiger partial charge >= 0.3 is 5.97 Å². The monoisotopic (exact) mass is 360 g/mol. The van der Waals surface area contributed by atoms with Crippen LogP contribution in [0.3, 0.4) is 0 Å². The van der Waals surface area contributed by atoms with E-state index in [4.69, 9.17) is 14.3 Å². The molecule has 144 valence electrons. The van der Waals surface area contributed by atoms with E-state index in [0.29, 0.717) is 6.61 Å². The molecule has 0 unspecified atom stereocenters. The van der Waals surface area contributed by atoms with Crippen molar-refractivity contribution < 1.29 is 19.1 Å². The van der Waals surface area contributed by atoms with Crippen molar-refractivity contribution in [1.82, 2.24) is 0 Å². The van der Waals surface area contributed by atoms with Crippen molar-refractivity contribution in [3.63, 3.8) is 0 Å². The Morgan fingerprint density at radius 2 is 1.42 bits per heavy atom. The van der Waals surface area contributed by atoms with Crippen LogP contribution in [0.5, 0.6) is 0 Å². The van der Waals surface area contributed by atoms with Crippen LogP contribution < -0.4 is 0 Å². The molecule has 0 heterocycles. The first-order valence-corrected chi connectivity index (χ1v) is 12.4. The summed E-state index contributed by atoms with van der Waals surface area (Å²) >= 11 is 0. The number of unbranched alkanes of at least 4 members (excludes halogenated alkanes) is 7. The standard InChI is InChI=1S/C19H40O4Si/c1-19(2,3)24(5,6)23-17(18(21)22-4)15-13-11-9-7-8-10-12-14-16-20/h17,20H,7-16H2,1-6H3/t17-/m1/s1. The van der Waals surface area contributed by atoms with Crippen molar-refractivity contribution in [2.75, 3.05) is 13.7 Å². The number of esters is 1. The lowest BCUT2D eigenvalue weighted by Crippen LogP contribution is -2.46. The Balaban J connectivity index is 4.12. The molecule has 0 bridgehead atoms. The molecule has 0 aliphatic heterocycles. The first kappa shape index (κ1) is 23.6. The number of hydrogen-bond donors (Lipinski definition) is 1. The lowest BCUT2D eigenvalue weighted by molar-refractivity contribution is -0.149. The summed E-state index contributed by atoms with van der Waals surface area (Å²) in [5.41, 5.74) is 0. The molecule has 4 nitrogen and oxygen atoms in total. The summed E-state index contributed by atoms with van der Waals surface area (Å²) in [5, 5.41) is 8.83. The Bertz CT molecular complexity index is 337. The second kappa shape index (κ2) is 12.0. The fraction of sp³-hybridized carbons (Fsp3) is 0.947. The molecule has 5 heteroatoms. The van der Waals surface area contributed by atoms with Gasteiger partial charge in [0.15, 0.2) is 8.32 Å². The van der Waals surface area contributed by atoms with Crippen molar-refractivity contribution in [2.24, 2.45) is 0 Å². The van der Waals surface area contributed by atoms with Gasteiger partial charge in [0.1, 0.15) is 6.10 Å². The lowest BCUT2D eigenvalue weighted by Gasteiger charge is -2.38. The third-order valence-corrected chi connectivity index (χ3v) is 9.57. The number of carbonyl (C=O) groups is 1. The van der Waals surface area contributed by atoms with Crippen LogP contribution in [0, 0.1) is 0 Å². The second-order valence-corrected chi connectivity index (χ2v) is 13.0. The number of aliphatic hydroxyl groups is 1. The van der Waals surface area contributed by atoms with E-state index in [1.165, 1.54) is 32.8 Å². The Labute approximate surface area is 150 Å². The van der Waals surface area contributed by atoms with Crippen molar-refractivity contribution in [2.45, 2.75) is 103 Å². The quantitative estimate of drug-likeness (QED) is 0.283. The molecule has 0 radical (unpaired) electrons. The van der Waals surface area contributed by atoms with Crippen LogP contribution in [-0.4, -0.2) is 39.2 Å². The van der Waals surface area contributed by atoms with Crippen LogP contribution in [-0.2, 0) is 14.0 Å². The lowest BCUT2D eigenvalue weighted by atomic mass is 10.1. The fourth-order valence-electron chi connectivity index (χ4n) is 2.39. The SMILES string of the molecule is COC(=O)[C@@H](CCCCCCCCCCO)O[Si](C)(C)C(C)(C)C. The molecule has 0 aromatic carbocycles. The summed E-state index contributed by atoms with van der Waals surface area (Å²) in [6, 6.07) is 0. The van der Waals surface area contributed by atoms with Crippen LogP contribution in [0.1, 0.15) is 78.6 Å². The van der Waals surface area contributed by atoms with Gasteiger partial charge in [0.05, 0.1) is 7.11 Å². The molecule has 0 aliphatic carbocycles. The molecule has 1 atom stereocenters. The first-order valence-electron chi connectivity index (χ1n) is 9.52. The Kier molecular flexibility index (Phi) is 11.8. The Morgan fingerprint density at radius 1 is 0.958 bits per heavy atom. The Hall–Kier alpha value is -0.393. The van der Waals surface area contributed by atoms with Gasteiger partial charge in [-0.3, -0.25) is 0 Å². The van der Waals surface area contributed by atoms with E-state index in [2.05, 4.69) is 33.9 Å². The summed E-state index contributed by atoms with van der Waals surface area (Å²) < 4.78 is 11.2. The first-order chi connectivity index (χ1) is 11.2. The van der Waals surface area contributed by atoms with E-state index in [-0.39, 0.29) is 11.0 Å². The highest BCUT2D eigenvalue weighted by Gasteiger charge is 2.40. The number of ether oxygens (including phenoxy) is 1. The van der Waals surface area contributed by atoms with Gasteiger partial charge in [-0.15, -0.1) is 0 Å². The van der Waals surface area contributed by atoms with Crippen molar-refractivity contribution in [3.05, 3.63) is 0 Å². The highest BCUT2D eigenvalue weighted by Crippen LogP contribution is 2.37. The zero-order valence-electron chi connectivity index (χ0n) is 16.8. The van der Waals surface area contributed by atoms with E-state index < -0.39 is 14.4 Å². The van der Waals surface area contributed by atoms with Gasteiger partial charge in [-0.25, -0.2) is 4.79 Å². The smallest absolute Gasteiger partial charge is 0.333 e. The summed E-state index contributed by atoms with van der Waals surface area (Å²) in [6.45, 7) is 11.2. The average molecular weight is 361 g/mol. The normalized spacial score (nSPS) is 13.8. The topological polar surface area (TPSA) is 55.8 Å². The van der Waals surface area contributed by atoms with Gasteiger partial charge in [0.25, 0.3) is 0 Å². The third kappa shape index (κ3) is 9.79. The summed E-state index contributed by atoms with van der Waals surface area (Å²) in [6.07, 6.45) is 9.40. The van der Waals surface area contributed by atoms with Crippen LogP contribution in [0.25, 0.3) is 0 Å². The van der Waals surface area contributed by atoms with Gasteiger partial charge in [-0.1, -0.05) is 65.7 Å². The van der Waals surface area contributed by atoms with Crippen LogP contribution in [0.4, 0.5) is 0 Å². The summed E-state index contributed by atoms with van der Waals surface area (Å²) in [5.74, 6) is -0.233. The highest BCUT2D eigenvalue weighted by atomic mass is 28.4. The minimum Gasteiger partial charge on any atom is -0.467 e. The second-order valence-electron chi connectivity index (χ2n) is 8.23. The molecule has 0 saturated carbocycles. The average Bonchev–Trinajstić information content (AvgIpc) is 2.50. The largest absolute Gasteiger partial charge is 0.467 e. The van der Waals surface area contributed by atoms with E-state index in [9.17, 15) is 4.79 Å². The van der Waals surface area contributed by atoms with Gasteiger partial charge in [0, 0.05) is 6.61 Å². The predicted octanol–water partition coefficient (Wildman–Crippen LogP) is 5.05. The molecule has 24 heavy (non-hydrogen) atoms. The molecule has 0 spiro atoms. The maximum Gasteiger partial charge on any atom is 0.333 e. The van der Waals surface area contributed by atoms with Gasteiger partial charge in [-0.05, 0) is 31.0 Å². The third-order valence-electron chi connectivity index (χ3n) is 5.08. The zero-order chi connectivity index (χ0) is 18.6. The molecular weight excluding hydrogens is 320 g/mol. The number of hydrogen-bond acceptors (Lipinski definition) is 4. The van der Waals surface area contributed by atoms with Gasteiger partial charge in [-0.2, -0.15) is 0 Å². The molecule has 0 aliphatic rings. The number of aliphatic hydroxyl groups excluding tert-OH is 1. The molecule has 0 aromatic heterocycles. The van der Waals surface area contributed by atoms with Crippen LogP contribution >= 0.6 is 0 Å². The molecule has 0 saturated heterocycles. The maximum atomic E-state index is 12.0. The molecule has 0 rings (SSSR count). The van der Waals surface area contributed by atoms with E-state index in [0.717, 1.165) is 32.1 Å². The molecule has 0 aromatic rings. The molecule has 0 amide bonds. The number of carbonyl (C=O) groups excluding carboxylic acids is 1. The summed E-state index contributed by atoms with van der Waals surface area (Å²) in [7, 11) is -0.521. The van der Waals surface area contributed by atoms with Crippen molar-refractivity contribution >= 4 is 14.3 Å². The van der Waals surface area contributed by atoms with E-state index >= 15 is 0 Å². The zero-order valence-corrected chi connectivity index (χ0v) is 17.8. The van der Waals surface area contributed by atoms with Crippen LogP contribution in [0.15, 0.2) is 0 Å². The number of rotatable bonds is 13. The number of methoxy groups -OCH3 is 1. The predicted molar refractivity (Wildman–Crippen MR) is 103 cm³/mol. The highest BCUT2D eigenvalue weighted by molar-refractivity contribution is 6.74. The van der Waals surface area contributed by atoms with E-state index in [1.807, 2.05) is 0 Å². The Morgan fingerprint density at radius 3 is 1.83 bits per heavy atom. The maximum absolute atomic E-state index is 12.0. The van der Waals surface area contributed by atoms with Gasteiger partial charge in [0.2, 0.25) is 0 Å². The molecule has 1 N–H and O–H groups in total. The molecular formula is C19H40O4Si. The fourth-order valence-corrected chi connectivity index (χ4v) is 3.67. The minimum atomic E-state index is -1.96. The molecule has 0 fully saturated rings.